The van der Waals surface area contributed by atoms with Crippen molar-refractivity contribution in [3.05, 3.63) is 59.9 Å². The SMILES string of the molecule is CCCCC(CN)NC(=O)c1cccc(S(=O)(=O)Nc2ccc(F)cc2)c1. The van der Waals surface area contributed by atoms with E-state index in [1.807, 2.05) is 0 Å². The van der Waals surface area contributed by atoms with E-state index in [0.29, 0.717) is 6.54 Å². The summed E-state index contributed by atoms with van der Waals surface area (Å²) < 4.78 is 40.4. The van der Waals surface area contributed by atoms with Gasteiger partial charge in [0.15, 0.2) is 0 Å². The van der Waals surface area contributed by atoms with Gasteiger partial charge < -0.3 is 11.1 Å². The first-order valence-electron chi connectivity index (χ1n) is 8.75. The first-order chi connectivity index (χ1) is 12.9. The molecule has 0 spiro atoms. The maximum absolute atomic E-state index is 13.0. The fourth-order valence-electron chi connectivity index (χ4n) is 2.50. The van der Waals surface area contributed by atoms with E-state index >= 15 is 0 Å². The number of carbonyl (C=O) groups is 1. The van der Waals surface area contributed by atoms with E-state index < -0.39 is 15.8 Å². The largest absolute Gasteiger partial charge is 0.348 e. The molecule has 4 N–H and O–H groups in total. The average molecular weight is 393 g/mol. The van der Waals surface area contributed by atoms with Crippen LogP contribution in [-0.4, -0.2) is 26.9 Å². The van der Waals surface area contributed by atoms with Crippen molar-refractivity contribution in [2.75, 3.05) is 11.3 Å². The van der Waals surface area contributed by atoms with Gasteiger partial charge >= 0.3 is 0 Å². The highest BCUT2D eigenvalue weighted by Crippen LogP contribution is 2.18. The highest BCUT2D eigenvalue weighted by Gasteiger charge is 2.18. The van der Waals surface area contributed by atoms with Crippen molar-refractivity contribution < 1.29 is 17.6 Å². The number of nitrogens with one attached hydrogen (secondary N) is 2. The van der Waals surface area contributed by atoms with Gasteiger partial charge in [-0.15, -0.1) is 0 Å². The van der Waals surface area contributed by atoms with Gasteiger partial charge in [0.2, 0.25) is 0 Å². The van der Waals surface area contributed by atoms with E-state index in [-0.39, 0.29) is 28.1 Å². The first-order valence-corrected chi connectivity index (χ1v) is 10.2. The number of carbonyl (C=O) groups excluding carboxylic acids is 1. The van der Waals surface area contributed by atoms with Gasteiger partial charge in [-0.25, -0.2) is 12.8 Å². The molecule has 0 radical (unpaired) electrons. The van der Waals surface area contributed by atoms with Gasteiger partial charge in [0.05, 0.1) is 4.90 Å². The maximum atomic E-state index is 13.0. The lowest BCUT2D eigenvalue weighted by molar-refractivity contribution is 0.0935. The highest BCUT2D eigenvalue weighted by atomic mass is 32.2. The third kappa shape index (κ3) is 6.04. The van der Waals surface area contributed by atoms with Crippen molar-refractivity contribution in [3.8, 4) is 0 Å². The van der Waals surface area contributed by atoms with Crippen molar-refractivity contribution in [1.82, 2.24) is 5.32 Å². The Kier molecular flexibility index (Phi) is 7.32. The monoisotopic (exact) mass is 393 g/mol. The topological polar surface area (TPSA) is 101 Å². The van der Waals surface area contributed by atoms with Gasteiger partial charge in [0.1, 0.15) is 5.82 Å². The molecule has 1 unspecified atom stereocenters. The van der Waals surface area contributed by atoms with Crippen LogP contribution >= 0.6 is 0 Å². The second-order valence-corrected chi connectivity index (χ2v) is 7.87. The van der Waals surface area contributed by atoms with Crippen LogP contribution < -0.4 is 15.8 Å². The van der Waals surface area contributed by atoms with E-state index in [1.165, 1.54) is 30.3 Å². The summed E-state index contributed by atoms with van der Waals surface area (Å²) in [7, 11) is -3.91. The maximum Gasteiger partial charge on any atom is 0.261 e. The summed E-state index contributed by atoms with van der Waals surface area (Å²) in [5, 5.41) is 2.83. The molecule has 8 heteroatoms. The van der Waals surface area contributed by atoms with Crippen molar-refractivity contribution >= 4 is 21.6 Å². The zero-order valence-corrected chi connectivity index (χ0v) is 15.9. The predicted molar refractivity (Wildman–Crippen MR) is 103 cm³/mol. The molecular weight excluding hydrogens is 369 g/mol. The number of sulfonamides is 1. The van der Waals surface area contributed by atoms with Crippen LogP contribution in [0.5, 0.6) is 0 Å². The zero-order valence-electron chi connectivity index (χ0n) is 15.1. The highest BCUT2D eigenvalue weighted by molar-refractivity contribution is 7.92. The molecule has 0 aromatic heterocycles. The van der Waals surface area contributed by atoms with Crippen molar-refractivity contribution in [3.63, 3.8) is 0 Å². The predicted octanol–water partition coefficient (Wildman–Crippen LogP) is 2.87. The number of anilines is 1. The van der Waals surface area contributed by atoms with Gasteiger partial charge in [-0.05, 0) is 48.9 Å². The molecule has 0 bridgehead atoms. The minimum Gasteiger partial charge on any atom is -0.348 e. The molecule has 1 atom stereocenters. The van der Waals surface area contributed by atoms with Gasteiger partial charge in [-0.2, -0.15) is 0 Å². The molecule has 146 valence electrons. The quantitative estimate of drug-likeness (QED) is 0.610. The summed E-state index contributed by atoms with van der Waals surface area (Å²) >= 11 is 0. The number of benzene rings is 2. The second kappa shape index (κ2) is 9.48. The van der Waals surface area contributed by atoms with E-state index in [0.717, 1.165) is 31.4 Å². The van der Waals surface area contributed by atoms with E-state index in [1.54, 1.807) is 6.07 Å². The molecule has 0 aliphatic carbocycles. The number of hydrogen-bond donors (Lipinski definition) is 3. The molecule has 2 rings (SSSR count). The fraction of sp³-hybridized carbons (Fsp3) is 0.316. The number of unbranched alkanes of at least 4 members (excludes halogenated alkanes) is 1. The number of halogens is 1. The normalized spacial score (nSPS) is 12.4. The molecule has 0 aliphatic heterocycles. The van der Waals surface area contributed by atoms with E-state index in [2.05, 4.69) is 17.0 Å². The average Bonchev–Trinajstić information content (AvgIpc) is 2.66. The Bertz CT molecular complexity index is 870. The van der Waals surface area contributed by atoms with Crippen LogP contribution in [0.25, 0.3) is 0 Å². The summed E-state index contributed by atoms with van der Waals surface area (Å²) in [6.45, 7) is 2.37. The van der Waals surface area contributed by atoms with Crippen LogP contribution in [0, 0.1) is 5.82 Å². The van der Waals surface area contributed by atoms with Crippen LogP contribution in [0.1, 0.15) is 36.5 Å². The van der Waals surface area contributed by atoms with Crippen molar-refractivity contribution in [2.24, 2.45) is 5.73 Å². The molecule has 0 fully saturated rings. The Balaban J connectivity index is 2.15. The lowest BCUT2D eigenvalue weighted by Crippen LogP contribution is -2.40. The molecule has 0 saturated carbocycles. The summed E-state index contributed by atoms with van der Waals surface area (Å²) in [5.41, 5.74) is 6.15. The Labute approximate surface area is 159 Å². The third-order valence-electron chi connectivity index (χ3n) is 4.03. The third-order valence-corrected chi connectivity index (χ3v) is 5.41. The van der Waals surface area contributed by atoms with Gasteiger partial charge in [-0.3, -0.25) is 9.52 Å². The number of nitrogens with two attached hydrogens (primary N) is 1. The molecule has 2 aromatic rings. The summed E-state index contributed by atoms with van der Waals surface area (Å²) in [5.74, 6) is -0.838. The molecular formula is C19H24FN3O3S. The summed E-state index contributed by atoms with van der Waals surface area (Å²) in [6.07, 6.45) is 2.70. The van der Waals surface area contributed by atoms with Crippen LogP contribution in [-0.2, 0) is 10.0 Å². The van der Waals surface area contributed by atoms with Crippen LogP contribution in [0.4, 0.5) is 10.1 Å². The zero-order chi connectivity index (χ0) is 19.9. The minimum atomic E-state index is -3.91. The molecule has 2 aromatic carbocycles. The van der Waals surface area contributed by atoms with Crippen LogP contribution in [0.2, 0.25) is 0 Å². The molecule has 0 heterocycles. The Hall–Kier alpha value is -2.45. The molecule has 6 nitrogen and oxygen atoms in total. The molecule has 0 saturated heterocycles. The molecule has 0 aliphatic rings. The smallest absolute Gasteiger partial charge is 0.261 e. The summed E-state index contributed by atoms with van der Waals surface area (Å²) in [4.78, 5) is 12.4. The molecule has 1 amide bonds. The van der Waals surface area contributed by atoms with Crippen molar-refractivity contribution in [2.45, 2.75) is 37.1 Å². The lowest BCUT2D eigenvalue weighted by Gasteiger charge is -2.17. The Morgan fingerprint density at radius 3 is 2.52 bits per heavy atom. The van der Waals surface area contributed by atoms with Gasteiger partial charge in [0, 0.05) is 23.8 Å². The Morgan fingerprint density at radius 1 is 1.19 bits per heavy atom. The fourth-order valence-corrected chi connectivity index (χ4v) is 3.61. The second-order valence-electron chi connectivity index (χ2n) is 6.19. The summed E-state index contributed by atoms with van der Waals surface area (Å²) in [6, 6.07) is 10.5. The first kappa shape index (κ1) is 20.9. The molecule has 27 heavy (non-hydrogen) atoms. The number of amides is 1. The van der Waals surface area contributed by atoms with Gasteiger partial charge in [-0.1, -0.05) is 25.8 Å². The number of hydrogen-bond acceptors (Lipinski definition) is 4. The lowest BCUT2D eigenvalue weighted by atomic mass is 10.1. The minimum absolute atomic E-state index is 0.0580. The van der Waals surface area contributed by atoms with E-state index in [4.69, 9.17) is 5.73 Å². The Morgan fingerprint density at radius 2 is 1.89 bits per heavy atom. The van der Waals surface area contributed by atoms with E-state index in [9.17, 15) is 17.6 Å². The van der Waals surface area contributed by atoms with Gasteiger partial charge in [0.25, 0.3) is 15.9 Å². The standard InChI is InChI=1S/C19H24FN3O3S/c1-2-3-6-17(13-21)22-19(24)14-5-4-7-18(12-14)27(25,26)23-16-10-8-15(20)9-11-16/h4-5,7-12,17,23H,2-3,6,13,21H2,1H3,(H,22,24). The van der Waals surface area contributed by atoms with Crippen LogP contribution in [0.3, 0.4) is 0 Å². The number of rotatable bonds is 9. The van der Waals surface area contributed by atoms with Crippen LogP contribution in [0.15, 0.2) is 53.4 Å². The van der Waals surface area contributed by atoms with Crippen molar-refractivity contribution in [1.29, 1.82) is 0 Å².